The number of aryl methyl sites for hydroxylation is 2. The predicted molar refractivity (Wildman–Crippen MR) is 107 cm³/mol. The second kappa shape index (κ2) is 6.72. The number of carbonyl (C=O) groups excluding carboxylic acids is 1. The molecule has 3 rings (SSSR count). The van der Waals surface area contributed by atoms with Gasteiger partial charge in [-0.1, -0.05) is 15.9 Å². The molecule has 0 aliphatic heterocycles. The van der Waals surface area contributed by atoms with Crippen molar-refractivity contribution in [3.63, 3.8) is 0 Å². The number of hydrogen-bond acceptors (Lipinski definition) is 5. The van der Waals surface area contributed by atoms with Crippen molar-refractivity contribution >= 4 is 48.4 Å². The van der Waals surface area contributed by atoms with Crippen molar-refractivity contribution in [3.8, 4) is 0 Å². The summed E-state index contributed by atoms with van der Waals surface area (Å²) in [6, 6.07) is 7.95. The minimum Gasteiger partial charge on any atom is -0.323 e. The fourth-order valence-corrected chi connectivity index (χ4v) is 4.33. The zero-order chi connectivity index (χ0) is 20.0. The lowest BCUT2D eigenvalue weighted by Crippen LogP contribution is -2.44. The molecule has 2 heterocycles. The van der Waals surface area contributed by atoms with E-state index in [0.29, 0.717) is 11.3 Å². The zero-order valence-corrected chi connectivity index (χ0v) is 17.7. The van der Waals surface area contributed by atoms with E-state index in [4.69, 9.17) is 0 Å². The Morgan fingerprint density at radius 3 is 2.48 bits per heavy atom. The van der Waals surface area contributed by atoms with E-state index in [1.165, 1.54) is 32.2 Å². The van der Waals surface area contributed by atoms with Crippen LogP contribution in [0.4, 0.5) is 5.69 Å². The Balaban J connectivity index is 1.92. The number of carbonyl (C=O) groups is 1. The summed E-state index contributed by atoms with van der Waals surface area (Å²) in [4.78, 5) is 17.2. The highest BCUT2D eigenvalue weighted by Crippen LogP contribution is 2.28. The molecule has 0 aliphatic rings. The topological polar surface area (TPSA) is 93.9 Å². The minimum atomic E-state index is -3.89. The molecule has 1 N–H and O–H groups in total. The van der Waals surface area contributed by atoms with Crippen LogP contribution in [0.1, 0.15) is 19.5 Å². The molecular weight excluding hydrogens is 432 g/mol. The quantitative estimate of drug-likeness (QED) is 0.658. The first-order valence-corrected chi connectivity index (χ1v) is 10.4. The van der Waals surface area contributed by atoms with Crippen molar-refractivity contribution in [1.29, 1.82) is 0 Å². The second-order valence-electron chi connectivity index (χ2n) is 6.73. The van der Waals surface area contributed by atoms with Crippen LogP contribution in [0.3, 0.4) is 0 Å². The molecule has 1 amide bonds. The van der Waals surface area contributed by atoms with Crippen LogP contribution in [0, 0.1) is 6.92 Å². The molecule has 3 aromatic rings. The fraction of sp³-hybridized carbons (Fsp3) is 0.278. The van der Waals surface area contributed by atoms with Crippen LogP contribution >= 0.6 is 15.9 Å². The van der Waals surface area contributed by atoms with Gasteiger partial charge in [-0.2, -0.15) is 5.10 Å². The Hall–Kier alpha value is -2.26. The molecule has 0 atom stereocenters. The summed E-state index contributed by atoms with van der Waals surface area (Å²) in [6.07, 6.45) is 1.49. The largest absolute Gasteiger partial charge is 0.323 e. The molecule has 9 heteroatoms. The highest BCUT2D eigenvalue weighted by atomic mass is 79.9. The molecule has 1 aromatic carbocycles. The molecule has 0 saturated heterocycles. The molecule has 0 aliphatic carbocycles. The molecule has 0 fully saturated rings. The van der Waals surface area contributed by atoms with Crippen LogP contribution in [0.5, 0.6) is 0 Å². The lowest BCUT2D eigenvalue weighted by Gasteiger charge is -2.24. The molecule has 27 heavy (non-hydrogen) atoms. The van der Waals surface area contributed by atoms with Gasteiger partial charge in [-0.3, -0.25) is 9.48 Å². The molecule has 0 radical (unpaired) electrons. The summed E-state index contributed by atoms with van der Waals surface area (Å²) in [5.41, 5.74) is 1.88. The van der Waals surface area contributed by atoms with E-state index in [0.717, 1.165) is 15.6 Å². The van der Waals surface area contributed by atoms with E-state index < -0.39 is 20.5 Å². The Bertz CT molecular complexity index is 1140. The number of rotatable bonds is 4. The number of hydrogen-bond donors (Lipinski definition) is 1. The van der Waals surface area contributed by atoms with Gasteiger partial charge in [0.1, 0.15) is 4.75 Å². The van der Waals surface area contributed by atoms with Gasteiger partial charge in [-0.25, -0.2) is 13.4 Å². The molecular formula is C18H19BrN4O3S. The van der Waals surface area contributed by atoms with E-state index in [2.05, 4.69) is 31.3 Å². The number of aromatic nitrogens is 3. The lowest BCUT2D eigenvalue weighted by atomic mass is 10.2. The first-order chi connectivity index (χ1) is 12.5. The van der Waals surface area contributed by atoms with Crippen LogP contribution in [0.15, 0.2) is 45.9 Å². The number of nitrogens with zero attached hydrogens (tertiary/aromatic N) is 3. The number of pyridine rings is 1. The summed E-state index contributed by atoms with van der Waals surface area (Å²) in [5, 5.41) is 7.75. The number of fused-ring (bicyclic) bond motifs is 1. The van der Waals surface area contributed by atoms with Crippen molar-refractivity contribution in [1.82, 2.24) is 14.8 Å². The first-order valence-electron chi connectivity index (χ1n) is 8.15. The molecule has 0 unspecified atom stereocenters. The van der Waals surface area contributed by atoms with Crippen molar-refractivity contribution in [2.24, 2.45) is 7.05 Å². The van der Waals surface area contributed by atoms with Crippen molar-refractivity contribution < 1.29 is 13.2 Å². The first kappa shape index (κ1) is 19.5. The normalized spacial score (nSPS) is 12.3. The van der Waals surface area contributed by atoms with E-state index in [9.17, 15) is 13.2 Å². The summed E-state index contributed by atoms with van der Waals surface area (Å²) >= 11 is 3.28. The smallest absolute Gasteiger partial charge is 0.245 e. The summed E-state index contributed by atoms with van der Waals surface area (Å²) in [7, 11) is -2.10. The summed E-state index contributed by atoms with van der Waals surface area (Å²) in [6.45, 7) is 4.62. The number of sulfone groups is 1. The Kier molecular flexibility index (Phi) is 4.85. The lowest BCUT2D eigenvalue weighted by molar-refractivity contribution is -0.117. The van der Waals surface area contributed by atoms with Crippen LogP contribution in [0.2, 0.25) is 0 Å². The van der Waals surface area contributed by atoms with Crippen molar-refractivity contribution in [2.45, 2.75) is 30.4 Å². The number of nitrogens with one attached hydrogen (secondary N) is 1. The monoisotopic (exact) mass is 450 g/mol. The van der Waals surface area contributed by atoms with Crippen LogP contribution in [0.25, 0.3) is 11.0 Å². The van der Waals surface area contributed by atoms with E-state index in [1.807, 2.05) is 6.92 Å². The minimum absolute atomic E-state index is 0.0857. The summed E-state index contributed by atoms with van der Waals surface area (Å²) in [5.74, 6) is -0.631. The molecule has 0 bridgehead atoms. The third kappa shape index (κ3) is 3.37. The van der Waals surface area contributed by atoms with E-state index >= 15 is 0 Å². The molecule has 7 nitrogen and oxygen atoms in total. The van der Waals surface area contributed by atoms with Gasteiger partial charge < -0.3 is 5.32 Å². The van der Waals surface area contributed by atoms with Crippen LogP contribution < -0.4 is 5.32 Å². The maximum Gasteiger partial charge on any atom is 0.245 e. The van der Waals surface area contributed by atoms with E-state index in [-0.39, 0.29) is 4.90 Å². The number of benzene rings is 1. The molecule has 0 spiro atoms. The van der Waals surface area contributed by atoms with Gasteiger partial charge >= 0.3 is 0 Å². The molecule has 0 saturated carbocycles. The standard InChI is InChI=1S/C18H19BrN4O3S/c1-11-15-9-13(10-20-16(15)23(4)22-11)21-17(24)18(2,3)27(25,26)14-7-5-12(19)6-8-14/h5-10H,1-4H3,(H,21,24). The van der Waals surface area contributed by atoms with Gasteiger partial charge in [0.05, 0.1) is 22.5 Å². The highest BCUT2D eigenvalue weighted by molar-refractivity contribution is 9.10. The summed E-state index contributed by atoms with van der Waals surface area (Å²) < 4.78 is 26.7. The van der Waals surface area contributed by atoms with Gasteiger partial charge in [0.2, 0.25) is 5.91 Å². The third-order valence-corrected chi connectivity index (χ3v) is 7.41. The fourth-order valence-electron chi connectivity index (χ4n) is 2.69. The molecule has 142 valence electrons. The van der Waals surface area contributed by atoms with Gasteiger partial charge in [-0.05, 0) is 51.1 Å². The van der Waals surface area contributed by atoms with Crippen molar-refractivity contribution in [3.05, 3.63) is 46.7 Å². The van der Waals surface area contributed by atoms with Gasteiger partial charge in [-0.15, -0.1) is 0 Å². The maximum absolute atomic E-state index is 13.0. The highest BCUT2D eigenvalue weighted by Gasteiger charge is 2.42. The maximum atomic E-state index is 13.0. The number of anilines is 1. The Labute approximate surface area is 165 Å². The third-order valence-electron chi connectivity index (χ3n) is 4.46. The average Bonchev–Trinajstić information content (AvgIpc) is 2.89. The van der Waals surface area contributed by atoms with Gasteiger partial charge in [0.15, 0.2) is 15.5 Å². The number of halogens is 1. The second-order valence-corrected chi connectivity index (χ2v) is 10.1. The Morgan fingerprint density at radius 2 is 1.85 bits per heavy atom. The SMILES string of the molecule is Cc1nn(C)c2ncc(NC(=O)C(C)(C)S(=O)(=O)c3ccc(Br)cc3)cc12. The van der Waals surface area contributed by atoms with Gasteiger partial charge in [0, 0.05) is 16.9 Å². The molecule has 2 aromatic heterocycles. The number of amides is 1. The Morgan fingerprint density at radius 1 is 1.22 bits per heavy atom. The predicted octanol–water partition coefficient (Wildman–Crippen LogP) is 3.23. The zero-order valence-electron chi connectivity index (χ0n) is 15.3. The van der Waals surface area contributed by atoms with Crippen molar-refractivity contribution in [2.75, 3.05) is 5.32 Å². The van der Waals surface area contributed by atoms with Crippen LogP contribution in [-0.2, 0) is 21.7 Å². The van der Waals surface area contributed by atoms with E-state index in [1.54, 1.807) is 29.9 Å². The average molecular weight is 451 g/mol. The van der Waals surface area contributed by atoms with Crippen LogP contribution in [-0.4, -0.2) is 33.8 Å². The van der Waals surface area contributed by atoms with Gasteiger partial charge in [0.25, 0.3) is 0 Å².